The summed E-state index contributed by atoms with van der Waals surface area (Å²) in [5.74, 6) is 0.509. The molecule has 2 aromatic rings. The number of halogens is 4. The van der Waals surface area contributed by atoms with Crippen LogP contribution >= 0.6 is 11.6 Å². The van der Waals surface area contributed by atoms with Crippen molar-refractivity contribution in [2.24, 2.45) is 0 Å². The fourth-order valence-corrected chi connectivity index (χ4v) is 2.03. The Bertz CT molecular complexity index is 617. The first kappa shape index (κ1) is 12.5. The quantitative estimate of drug-likeness (QED) is 0.786. The highest BCUT2D eigenvalue weighted by Gasteiger charge is 2.32. The molecule has 0 saturated heterocycles. The molecule has 0 aliphatic heterocycles. The Morgan fingerprint density at radius 1 is 1.26 bits per heavy atom. The summed E-state index contributed by atoms with van der Waals surface area (Å²) in [6, 6.07) is 3.54. The molecule has 0 N–H and O–H groups in total. The summed E-state index contributed by atoms with van der Waals surface area (Å²) in [6.45, 7) is 0. The van der Waals surface area contributed by atoms with Crippen molar-refractivity contribution in [2.45, 2.75) is 24.9 Å². The highest BCUT2D eigenvalue weighted by molar-refractivity contribution is 6.29. The van der Waals surface area contributed by atoms with Crippen molar-refractivity contribution in [3.63, 3.8) is 0 Å². The Morgan fingerprint density at radius 3 is 2.63 bits per heavy atom. The summed E-state index contributed by atoms with van der Waals surface area (Å²) in [5.41, 5.74) is 0.0568. The van der Waals surface area contributed by atoms with Crippen LogP contribution in [0.2, 0.25) is 5.15 Å². The van der Waals surface area contributed by atoms with E-state index in [1.807, 2.05) is 0 Å². The Balaban J connectivity index is 2.01. The molecule has 0 amide bonds. The average Bonchev–Trinajstić information content (AvgIpc) is 3.05. The van der Waals surface area contributed by atoms with Gasteiger partial charge in [0.2, 0.25) is 0 Å². The third kappa shape index (κ3) is 2.58. The minimum atomic E-state index is -4.45. The van der Waals surface area contributed by atoms with Crippen molar-refractivity contribution in [1.82, 2.24) is 14.8 Å². The van der Waals surface area contributed by atoms with E-state index in [4.69, 9.17) is 11.6 Å². The lowest BCUT2D eigenvalue weighted by atomic mass is 10.2. The molecule has 1 aliphatic rings. The van der Waals surface area contributed by atoms with E-state index in [1.54, 1.807) is 12.3 Å². The molecular weight excluding hydrogens is 279 g/mol. The van der Waals surface area contributed by atoms with Gasteiger partial charge in [-0.1, -0.05) is 11.6 Å². The van der Waals surface area contributed by atoms with Crippen LogP contribution in [0.3, 0.4) is 0 Å². The number of rotatable bonds is 2. The normalized spacial score (nSPS) is 15.8. The minimum Gasteiger partial charge on any atom is -0.222 e. The molecular formula is C12H9ClF3N3. The molecule has 1 saturated carbocycles. The van der Waals surface area contributed by atoms with Crippen molar-refractivity contribution >= 4 is 11.6 Å². The number of hydrogen-bond donors (Lipinski definition) is 0. The van der Waals surface area contributed by atoms with Gasteiger partial charge < -0.3 is 0 Å². The number of alkyl halides is 3. The molecule has 0 radical (unpaired) electrons. The van der Waals surface area contributed by atoms with Crippen LogP contribution in [0.25, 0.3) is 5.82 Å². The number of hydrogen-bond acceptors (Lipinski definition) is 2. The van der Waals surface area contributed by atoms with Crippen LogP contribution in [0.5, 0.6) is 0 Å². The molecule has 0 spiro atoms. The standard InChI is InChI=1S/C12H9ClF3N3/c13-10-5-8(12(14,15)16)6-11(17-10)19-4-3-9(18-19)7-1-2-7/h3-7H,1-2H2. The number of nitrogens with zero attached hydrogens (tertiary/aromatic N) is 3. The van der Waals surface area contributed by atoms with Crippen molar-refractivity contribution in [1.29, 1.82) is 0 Å². The van der Waals surface area contributed by atoms with Gasteiger partial charge in [-0.2, -0.15) is 18.3 Å². The third-order valence-corrected chi connectivity index (χ3v) is 3.14. The highest BCUT2D eigenvalue weighted by atomic mass is 35.5. The van der Waals surface area contributed by atoms with E-state index in [9.17, 15) is 13.2 Å². The predicted molar refractivity (Wildman–Crippen MR) is 63.3 cm³/mol. The minimum absolute atomic E-state index is 0.0757. The maximum atomic E-state index is 12.7. The summed E-state index contributed by atoms with van der Waals surface area (Å²) in [5, 5.41) is 4.03. The summed E-state index contributed by atoms with van der Waals surface area (Å²) >= 11 is 5.64. The SMILES string of the molecule is FC(F)(F)c1cc(Cl)nc(-n2ccc(C3CC3)n2)c1. The zero-order valence-electron chi connectivity index (χ0n) is 9.65. The van der Waals surface area contributed by atoms with Gasteiger partial charge in [0.1, 0.15) is 5.15 Å². The average molecular weight is 288 g/mol. The Morgan fingerprint density at radius 2 is 2.00 bits per heavy atom. The topological polar surface area (TPSA) is 30.7 Å². The molecule has 0 aromatic carbocycles. The predicted octanol–water partition coefficient (Wildman–Crippen LogP) is 3.82. The first-order valence-electron chi connectivity index (χ1n) is 5.74. The molecule has 7 heteroatoms. The lowest BCUT2D eigenvalue weighted by molar-refractivity contribution is -0.137. The van der Waals surface area contributed by atoms with Crippen LogP contribution in [0.15, 0.2) is 24.4 Å². The van der Waals surface area contributed by atoms with Crippen LogP contribution in [-0.4, -0.2) is 14.8 Å². The Labute approximate surface area is 112 Å². The van der Waals surface area contributed by atoms with Crippen LogP contribution in [0.1, 0.15) is 30.0 Å². The van der Waals surface area contributed by atoms with Gasteiger partial charge in [0.15, 0.2) is 5.82 Å². The second kappa shape index (κ2) is 4.23. The van der Waals surface area contributed by atoms with E-state index < -0.39 is 11.7 Å². The maximum absolute atomic E-state index is 12.7. The van der Waals surface area contributed by atoms with Gasteiger partial charge >= 0.3 is 6.18 Å². The monoisotopic (exact) mass is 287 g/mol. The first-order valence-corrected chi connectivity index (χ1v) is 6.12. The second-order valence-corrected chi connectivity index (χ2v) is 4.88. The van der Waals surface area contributed by atoms with E-state index in [0.717, 1.165) is 30.7 Å². The fourth-order valence-electron chi connectivity index (χ4n) is 1.83. The largest absolute Gasteiger partial charge is 0.416 e. The molecule has 1 fully saturated rings. The van der Waals surface area contributed by atoms with E-state index in [-0.39, 0.29) is 11.0 Å². The summed E-state index contributed by atoms with van der Waals surface area (Å²) in [7, 11) is 0. The van der Waals surface area contributed by atoms with E-state index in [1.165, 1.54) is 4.68 Å². The van der Waals surface area contributed by atoms with Crippen LogP contribution in [0.4, 0.5) is 13.2 Å². The summed E-state index contributed by atoms with van der Waals surface area (Å²) < 4.78 is 39.4. The van der Waals surface area contributed by atoms with E-state index in [2.05, 4.69) is 10.1 Å². The van der Waals surface area contributed by atoms with Crippen molar-refractivity contribution < 1.29 is 13.2 Å². The van der Waals surface area contributed by atoms with Gasteiger partial charge in [0.25, 0.3) is 0 Å². The lowest BCUT2D eigenvalue weighted by Crippen LogP contribution is -2.08. The molecule has 2 heterocycles. The first-order chi connectivity index (χ1) is 8.93. The smallest absolute Gasteiger partial charge is 0.222 e. The van der Waals surface area contributed by atoms with Crippen LogP contribution in [-0.2, 0) is 6.18 Å². The van der Waals surface area contributed by atoms with Crippen LogP contribution < -0.4 is 0 Å². The molecule has 3 rings (SSSR count). The van der Waals surface area contributed by atoms with Crippen molar-refractivity contribution in [3.05, 3.63) is 40.8 Å². The summed E-state index contributed by atoms with van der Waals surface area (Å²) in [4.78, 5) is 3.88. The van der Waals surface area contributed by atoms with Crippen molar-refractivity contribution in [2.75, 3.05) is 0 Å². The molecule has 19 heavy (non-hydrogen) atoms. The Hall–Kier alpha value is -1.56. The molecule has 2 aromatic heterocycles. The molecule has 100 valence electrons. The van der Waals surface area contributed by atoms with Crippen LogP contribution in [0, 0.1) is 0 Å². The fraction of sp³-hybridized carbons (Fsp3) is 0.333. The Kier molecular flexibility index (Phi) is 2.78. The van der Waals surface area contributed by atoms with Gasteiger partial charge in [0, 0.05) is 12.1 Å². The van der Waals surface area contributed by atoms with Gasteiger partial charge in [0.05, 0.1) is 11.3 Å². The van der Waals surface area contributed by atoms with Gasteiger partial charge in [-0.3, -0.25) is 0 Å². The van der Waals surface area contributed by atoms with Gasteiger partial charge in [-0.15, -0.1) is 0 Å². The number of pyridine rings is 1. The van der Waals surface area contributed by atoms with Crippen molar-refractivity contribution in [3.8, 4) is 5.82 Å². The van der Waals surface area contributed by atoms with E-state index >= 15 is 0 Å². The maximum Gasteiger partial charge on any atom is 0.416 e. The van der Waals surface area contributed by atoms with Gasteiger partial charge in [-0.05, 0) is 31.0 Å². The third-order valence-electron chi connectivity index (χ3n) is 2.95. The molecule has 0 atom stereocenters. The molecule has 0 bridgehead atoms. The molecule has 1 aliphatic carbocycles. The second-order valence-electron chi connectivity index (χ2n) is 4.49. The van der Waals surface area contributed by atoms with E-state index in [0.29, 0.717) is 5.92 Å². The van der Waals surface area contributed by atoms with Gasteiger partial charge in [-0.25, -0.2) is 9.67 Å². The summed E-state index contributed by atoms with van der Waals surface area (Å²) in [6.07, 6.45) is -0.693. The zero-order valence-corrected chi connectivity index (χ0v) is 10.4. The lowest BCUT2D eigenvalue weighted by Gasteiger charge is -2.09. The molecule has 3 nitrogen and oxygen atoms in total. The zero-order chi connectivity index (χ0) is 13.6. The number of aromatic nitrogens is 3. The molecule has 0 unspecified atom stereocenters. The highest BCUT2D eigenvalue weighted by Crippen LogP contribution is 2.39.